The molecular formula is C21H24N4O2. The van der Waals surface area contributed by atoms with Crippen LogP contribution in [0.15, 0.2) is 54.6 Å². The number of nitrogens with one attached hydrogen (secondary N) is 2. The highest BCUT2D eigenvalue weighted by Gasteiger charge is 2.19. The number of hydrogen-bond acceptors (Lipinski definition) is 3. The van der Waals surface area contributed by atoms with Gasteiger partial charge in [-0.1, -0.05) is 49.4 Å². The lowest BCUT2D eigenvalue weighted by Gasteiger charge is -2.18. The molecule has 0 aliphatic heterocycles. The second-order valence-electron chi connectivity index (χ2n) is 6.49. The minimum absolute atomic E-state index is 0.138. The lowest BCUT2D eigenvalue weighted by molar-refractivity contribution is -0.120. The summed E-state index contributed by atoms with van der Waals surface area (Å²) in [5.41, 5.74) is 2.74. The van der Waals surface area contributed by atoms with Crippen molar-refractivity contribution in [3.05, 3.63) is 60.2 Å². The van der Waals surface area contributed by atoms with E-state index >= 15 is 0 Å². The first-order valence-corrected chi connectivity index (χ1v) is 9.15. The van der Waals surface area contributed by atoms with Crippen molar-refractivity contribution in [2.24, 2.45) is 0 Å². The zero-order valence-corrected chi connectivity index (χ0v) is 15.6. The third kappa shape index (κ3) is 4.53. The van der Waals surface area contributed by atoms with E-state index in [4.69, 9.17) is 0 Å². The van der Waals surface area contributed by atoms with Crippen LogP contribution < -0.4 is 10.6 Å². The molecule has 2 N–H and O–H groups in total. The smallest absolute Gasteiger partial charge is 0.229 e. The van der Waals surface area contributed by atoms with E-state index in [1.54, 1.807) is 0 Å². The molecule has 0 aliphatic rings. The minimum Gasteiger partial charge on any atom is -0.349 e. The Morgan fingerprint density at radius 2 is 1.78 bits per heavy atom. The lowest BCUT2D eigenvalue weighted by atomic mass is 10.0. The van der Waals surface area contributed by atoms with Gasteiger partial charge in [0.05, 0.1) is 23.5 Å². The van der Waals surface area contributed by atoms with Gasteiger partial charge in [0, 0.05) is 13.5 Å². The van der Waals surface area contributed by atoms with Gasteiger partial charge < -0.3 is 9.88 Å². The molecule has 6 heteroatoms. The van der Waals surface area contributed by atoms with Crippen molar-refractivity contribution in [1.29, 1.82) is 0 Å². The van der Waals surface area contributed by atoms with Crippen molar-refractivity contribution in [2.75, 3.05) is 5.32 Å². The van der Waals surface area contributed by atoms with E-state index in [2.05, 4.69) is 22.5 Å². The fourth-order valence-electron chi connectivity index (χ4n) is 3.16. The number of rotatable bonds is 7. The second-order valence-corrected chi connectivity index (χ2v) is 6.49. The lowest BCUT2D eigenvalue weighted by Crippen LogP contribution is -2.30. The average Bonchev–Trinajstić information content (AvgIpc) is 2.99. The number of nitrogens with zero attached hydrogens (tertiary/aromatic N) is 2. The Hall–Kier alpha value is -3.15. The molecule has 6 nitrogen and oxygen atoms in total. The van der Waals surface area contributed by atoms with Gasteiger partial charge in [-0.15, -0.1) is 0 Å². The molecule has 27 heavy (non-hydrogen) atoms. The number of hydrogen-bond donors (Lipinski definition) is 2. The highest BCUT2D eigenvalue weighted by molar-refractivity contribution is 5.92. The fraction of sp³-hybridized carbons (Fsp3) is 0.286. The third-order valence-electron chi connectivity index (χ3n) is 4.32. The van der Waals surface area contributed by atoms with E-state index < -0.39 is 0 Å². The normalized spacial score (nSPS) is 11.9. The van der Waals surface area contributed by atoms with Gasteiger partial charge in [0.25, 0.3) is 0 Å². The average molecular weight is 364 g/mol. The Bertz CT molecular complexity index is 934. The van der Waals surface area contributed by atoms with Crippen LogP contribution in [-0.4, -0.2) is 21.4 Å². The van der Waals surface area contributed by atoms with Crippen molar-refractivity contribution in [2.45, 2.75) is 39.3 Å². The maximum absolute atomic E-state index is 12.7. The number of benzene rings is 2. The molecule has 0 aliphatic carbocycles. The van der Waals surface area contributed by atoms with E-state index in [-0.39, 0.29) is 24.3 Å². The molecule has 2 amide bonds. The Kier molecular flexibility index (Phi) is 5.86. The number of carbonyl (C=O) groups is 2. The SMILES string of the molecule is CCCn1c(NC(=O)CC(NC(C)=O)c2ccccc2)nc2ccccc21. The van der Waals surface area contributed by atoms with Crippen molar-refractivity contribution in [1.82, 2.24) is 14.9 Å². The Morgan fingerprint density at radius 1 is 1.07 bits per heavy atom. The van der Waals surface area contributed by atoms with Crippen molar-refractivity contribution >= 4 is 28.8 Å². The van der Waals surface area contributed by atoms with Crippen LogP contribution in [0.5, 0.6) is 0 Å². The summed E-state index contributed by atoms with van der Waals surface area (Å²) in [5.74, 6) is 0.179. The summed E-state index contributed by atoms with van der Waals surface area (Å²) in [6.45, 7) is 4.31. The van der Waals surface area contributed by atoms with Gasteiger partial charge in [-0.2, -0.15) is 0 Å². The highest BCUT2D eigenvalue weighted by Crippen LogP contribution is 2.22. The van der Waals surface area contributed by atoms with E-state index in [1.807, 2.05) is 59.2 Å². The van der Waals surface area contributed by atoms with Crippen molar-refractivity contribution in [3.8, 4) is 0 Å². The van der Waals surface area contributed by atoms with Gasteiger partial charge in [0.15, 0.2) is 0 Å². The largest absolute Gasteiger partial charge is 0.349 e. The first-order valence-electron chi connectivity index (χ1n) is 9.15. The van der Waals surface area contributed by atoms with E-state index in [0.29, 0.717) is 5.95 Å². The molecule has 0 radical (unpaired) electrons. The molecule has 140 valence electrons. The second kappa shape index (κ2) is 8.49. The molecule has 0 fully saturated rings. The predicted molar refractivity (Wildman–Crippen MR) is 106 cm³/mol. The van der Waals surface area contributed by atoms with Gasteiger partial charge in [-0.25, -0.2) is 4.98 Å². The highest BCUT2D eigenvalue weighted by atomic mass is 16.2. The van der Waals surface area contributed by atoms with E-state index in [1.165, 1.54) is 6.92 Å². The van der Waals surface area contributed by atoms with Gasteiger partial charge >= 0.3 is 0 Å². The molecule has 1 atom stereocenters. The predicted octanol–water partition coefficient (Wildman–Crippen LogP) is 3.65. The molecule has 0 saturated heterocycles. The summed E-state index contributed by atoms with van der Waals surface area (Å²) >= 11 is 0. The number of aryl methyl sites for hydroxylation is 1. The summed E-state index contributed by atoms with van der Waals surface area (Å²) in [5, 5.41) is 5.77. The molecule has 1 unspecified atom stereocenters. The van der Waals surface area contributed by atoms with Crippen molar-refractivity contribution < 1.29 is 9.59 Å². The van der Waals surface area contributed by atoms with Gasteiger partial charge in [0.1, 0.15) is 0 Å². The molecule has 3 aromatic rings. The number of aromatic nitrogens is 2. The molecule has 3 rings (SSSR count). The van der Waals surface area contributed by atoms with Gasteiger partial charge in [-0.05, 0) is 24.1 Å². The minimum atomic E-state index is -0.382. The number of imidazole rings is 1. The maximum Gasteiger partial charge on any atom is 0.229 e. The van der Waals surface area contributed by atoms with Crippen LogP contribution >= 0.6 is 0 Å². The summed E-state index contributed by atoms with van der Waals surface area (Å²) in [6.07, 6.45) is 1.07. The summed E-state index contributed by atoms with van der Waals surface area (Å²) in [7, 11) is 0. The van der Waals surface area contributed by atoms with Crippen LogP contribution in [-0.2, 0) is 16.1 Å². The number of carbonyl (C=O) groups excluding carboxylic acids is 2. The number of amides is 2. The zero-order chi connectivity index (χ0) is 19.2. The molecule has 1 aromatic heterocycles. The monoisotopic (exact) mass is 364 g/mol. The third-order valence-corrected chi connectivity index (χ3v) is 4.32. The molecule has 1 heterocycles. The summed E-state index contributed by atoms with van der Waals surface area (Å²) in [6, 6.07) is 16.9. The fourth-order valence-corrected chi connectivity index (χ4v) is 3.16. The van der Waals surface area contributed by atoms with Crippen molar-refractivity contribution in [3.63, 3.8) is 0 Å². The first-order chi connectivity index (χ1) is 13.1. The maximum atomic E-state index is 12.7. The summed E-state index contributed by atoms with van der Waals surface area (Å²) < 4.78 is 2.02. The Balaban J connectivity index is 1.80. The van der Waals surface area contributed by atoms with Crippen LogP contribution in [0.3, 0.4) is 0 Å². The molecule has 0 saturated carbocycles. The number of fused-ring (bicyclic) bond motifs is 1. The van der Waals surface area contributed by atoms with Crippen LogP contribution in [0, 0.1) is 0 Å². The quantitative estimate of drug-likeness (QED) is 0.672. The first kappa shape index (κ1) is 18.6. The van der Waals surface area contributed by atoms with Gasteiger partial charge in [-0.3, -0.25) is 14.9 Å². The van der Waals surface area contributed by atoms with Crippen LogP contribution in [0.2, 0.25) is 0 Å². The Morgan fingerprint density at radius 3 is 2.48 bits per heavy atom. The zero-order valence-electron chi connectivity index (χ0n) is 15.6. The van der Waals surface area contributed by atoms with Gasteiger partial charge in [0.2, 0.25) is 17.8 Å². The summed E-state index contributed by atoms with van der Waals surface area (Å²) in [4.78, 5) is 28.8. The van der Waals surface area contributed by atoms with E-state index in [9.17, 15) is 9.59 Å². The molecule has 0 bridgehead atoms. The number of para-hydroxylation sites is 2. The topological polar surface area (TPSA) is 76.0 Å². The van der Waals surface area contributed by atoms with Crippen LogP contribution in [0.4, 0.5) is 5.95 Å². The van der Waals surface area contributed by atoms with Crippen LogP contribution in [0.1, 0.15) is 38.3 Å². The van der Waals surface area contributed by atoms with Crippen LogP contribution in [0.25, 0.3) is 11.0 Å². The standard InChI is InChI=1S/C21H24N4O2/c1-3-13-25-19-12-8-7-11-17(19)23-21(25)24-20(27)14-18(22-15(2)26)16-9-5-4-6-10-16/h4-12,18H,3,13-14H2,1-2H3,(H,22,26)(H,23,24,27). The van der Waals surface area contributed by atoms with E-state index in [0.717, 1.165) is 29.6 Å². The number of anilines is 1. The molecule has 0 spiro atoms. The molecular weight excluding hydrogens is 340 g/mol. The molecule has 2 aromatic carbocycles. The Labute approximate surface area is 158 Å².